The molecule has 0 aromatic carbocycles. The first-order chi connectivity index (χ1) is 9.22. The summed E-state index contributed by atoms with van der Waals surface area (Å²) in [5.74, 6) is 0.273. The fourth-order valence-corrected chi connectivity index (χ4v) is 2.28. The molecule has 0 aliphatic rings. The van der Waals surface area contributed by atoms with E-state index in [0.717, 1.165) is 4.88 Å². The molecule has 7 heteroatoms. The van der Waals surface area contributed by atoms with Crippen molar-refractivity contribution in [2.75, 3.05) is 20.3 Å². The number of hydroxylamine groups is 1. The Balaban J connectivity index is 2.02. The Bertz CT molecular complexity index is 536. The van der Waals surface area contributed by atoms with E-state index in [0.29, 0.717) is 23.1 Å². The Morgan fingerprint density at radius 3 is 3.05 bits per heavy atom. The van der Waals surface area contributed by atoms with E-state index >= 15 is 0 Å². The molecule has 0 spiro atoms. The van der Waals surface area contributed by atoms with Crippen LogP contribution in [0.15, 0.2) is 22.8 Å². The van der Waals surface area contributed by atoms with Crippen molar-refractivity contribution in [1.29, 1.82) is 0 Å². The van der Waals surface area contributed by atoms with E-state index < -0.39 is 0 Å². The maximum atomic E-state index is 11.8. The van der Waals surface area contributed by atoms with Crippen LogP contribution in [-0.2, 0) is 9.57 Å². The second kappa shape index (κ2) is 6.46. The number of rotatable bonds is 6. The Labute approximate surface area is 114 Å². The zero-order chi connectivity index (χ0) is 13.7. The number of aryl methyl sites for hydroxylation is 1. The zero-order valence-corrected chi connectivity index (χ0v) is 11.5. The number of furan rings is 1. The van der Waals surface area contributed by atoms with Gasteiger partial charge in [-0.3, -0.25) is 9.63 Å². The summed E-state index contributed by atoms with van der Waals surface area (Å²) in [6.45, 7) is 2.53. The lowest BCUT2D eigenvalue weighted by atomic mass is 10.3. The van der Waals surface area contributed by atoms with Gasteiger partial charge in [-0.05, 0) is 19.1 Å². The van der Waals surface area contributed by atoms with Crippen molar-refractivity contribution in [3.63, 3.8) is 0 Å². The van der Waals surface area contributed by atoms with Crippen LogP contribution in [0.2, 0.25) is 0 Å². The van der Waals surface area contributed by atoms with Gasteiger partial charge in [-0.15, -0.1) is 11.3 Å². The standard InChI is InChI=1S/C12H14N2O4S/c1-8-10(11(15)14-18-7-6-16-2)13-12(19-8)9-4-3-5-17-9/h3-5H,6-7H2,1-2H3,(H,14,15). The SMILES string of the molecule is COCCONC(=O)c1nc(-c2ccco2)sc1C. The van der Waals surface area contributed by atoms with Gasteiger partial charge < -0.3 is 9.15 Å². The molecule has 0 fully saturated rings. The lowest BCUT2D eigenvalue weighted by molar-refractivity contribution is 0.00859. The molecule has 102 valence electrons. The number of nitrogens with zero attached hydrogens (tertiary/aromatic N) is 1. The van der Waals surface area contributed by atoms with Gasteiger partial charge in [0.2, 0.25) is 0 Å². The first kappa shape index (κ1) is 13.7. The van der Waals surface area contributed by atoms with E-state index in [4.69, 9.17) is 14.0 Å². The normalized spacial score (nSPS) is 10.6. The molecule has 1 N–H and O–H groups in total. The number of thiazole rings is 1. The van der Waals surface area contributed by atoms with Crippen LogP contribution in [0.1, 0.15) is 15.4 Å². The van der Waals surface area contributed by atoms with Gasteiger partial charge in [-0.1, -0.05) is 0 Å². The smallest absolute Gasteiger partial charge is 0.294 e. The van der Waals surface area contributed by atoms with E-state index in [9.17, 15) is 4.79 Å². The predicted octanol–water partition coefficient (Wildman–Crippen LogP) is 2.02. The van der Waals surface area contributed by atoms with E-state index in [1.807, 2.05) is 6.92 Å². The van der Waals surface area contributed by atoms with Crippen molar-refractivity contribution in [3.8, 4) is 10.8 Å². The molecule has 0 atom stereocenters. The highest BCUT2D eigenvalue weighted by Gasteiger charge is 2.17. The van der Waals surface area contributed by atoms with E-state index in [2.05, 4.69) is 10.5 Å². The summed E-state index contributed by atoms with van der Waals surface area (Å²) < 4.78 is 10.1. The number of ether oxygens (including phenoxy) is 1. The van der Waals surface area contributed by atoms with Crippen LogP contribution in [0.25, 0.3) is 10.8 Å². The molecule has 0 radical (unpaired) electrons. The van der Waals surface area contributed by atoms with Gasteiger partial charge in [0.15, 0.2) is 10.8 Å². The molecule has 0 saturated heterocycles. The minimum Gasteiger partial charge on any atom is -0.462 e. The molecule has 0 unspecified atom stereocenters. The van der Waals surface area contributed by atoms with Crippen molar-refractivity contribution in [2.24, 2.45) is 0 Å². The fraction of sp³-hybridized carbons (Fsp3) is 0.333. The number of hydrogen-bond acceptors (Lipinski definition) is 6. The maximum absolute atomic E-state index is 11.8. The molecule has 19 heavy (non-hydrogen) atoms. The van der Waals surface area contributed by atoms with Gasteiger partial charge in [0.1, 0.15) is 5.69 Å². The molecular formula is C12H14N2O4S. The van der Waals surface area contributed by atoms with Crippen molar-refractivity contribution < 1.29 is 18.8 Å². The molecule has 1 amide bonds. The minimum absolute atomic E-state index is 0.288. The van der Waals surface area contributed by atoms with Crippen LogP contribution in [-0.4, -0.2) is 31.2 Å². The topological polar surface area (TPSA) is 73.6 Å². The van der Waals surface area contributed by atoms with Gasteiger partial charge in [0.25, 0.3) is 5.91 Å². The number of hydrogen-bond donors (Lipinski definition) is 1. The van der Waals surface area contributed by atoms with Gasteiger partial charge in [0, 0.05) is 12.0 Å². The average Bonchev–Trinajstić information content (AvgIpc) is 3.03. The van der Waals surface area contributed by atoms with Gasteiger partial charge in [-0.2, -0.15) is 0 Å². The number of carbonyl (C=O) groups is 1. The van der Waals surface area contributed by atoms with Crippen LogP contribution in [0, 0.1) is 6.92 Å². The number of carbonyl (C=O) groups excluding carboxylic acids is 1. The van der Waals surface area contributed by atoms with Crippen molar-refractivity contribution in [1.82, 2.24) is 10.5 Å². The van der Waals surface area contributed by atoms with E-state index in [1.54, 1.807) is 25.5 Å². The molecule has 2 aromatic heterocycles. The van der Waals surface area contributed by atoms with Gasteiger partial charge >= 0.3 is 0 Å². The first-order valence-corrected chi connectivity index (χ1v) is 6.46. The summed E-state index contributed by atoms with van der Waals surface area (Å²) >= 11 is 1.40. The molecule has 2 rings (SSSR count). The Morgan fingerprint density at radius 1 is 1.53 bits per heavy atom. The molecule has 6 nitrogen and oxygen atoms in total. The van der Waals surface area contributed by atoms with Crippen molar-refractivity contribution in [2.45, 2.75) is 6.92 Å². The Kier molecular flexibility index (Phi) is 4.67. The van der Waals surface area contributed by atoms with Crippen LogP contribution in [0.3, 0.4) is 0 Å². The van der Waals surface area contributed by atoms with Crippen molar-refractivity contribution >= 4 is 17.2 Å². The third kappa shape index (κ3) is 3.40. The zero-order valence-electron chi connectivity index (χ0n) is 10.6. The van der Waals surface area contributed by atoms with Crippen LogP contribution >= 0.6 is 11.3 Å². The molecule has 0 bridgehead atoms. The van der Waals surface area contributed by atoms with Crippen LogP contribution < -0.4 is 5.48 Å². The summed E-state index contributed by atoms with van der Waals surface area (Å²) in [6.07, 6.45) is 1.57. The summed E-state index contributed by atoms with van der Waals surface area (Å²) in [4.78, 5) is 21.9. The number of nitrogens with one attached hydrogen (secondary N) is 1. The third-order valence-corrected chi connectivity index (χ3v) is 3.28. The molecule has 2 heterocycles. The van der Waals surface area contributed by atoms with Gasteiger partial charge in [-0.25, -0.2) is 10.5 Å². The predicted molar refractivity (Wildman–Crippen MR) is 69.8 cm³/mol. The lowest BCUT2D eigenvalue weighted by Gasteiger charge is -2.03. The molecule has 2 aromatic rings. The highest BCUT2D eigenvalue weighted by Crippen LogP contribution is 2.27. The maximum Gasteiger partial charge on any atom is 0.294 e. The number of amides is 1. The first-order valence-electron chi connectivity index (χ1n) is 5.64. The van der Waals surface area contributed by atoms with Crippen molar-refractivity contribution in [3.05, 3.63) is 29.0 Å². The summed E-state index contributed by atoms with van der Waals surface area (Å²) in [7, 11) is 1.56. The van der Waals surface area contributed by atoms with E-state index in [-0.39, 0.29) is 12.5 Å². The number of aromatic nitrogens is 1. The highest BCUT2D eigenvalue weighted by molar-refractivity contribution is 7.15. The van der Waals surface area contributed by atoms with Crippen LogP contribution in [0.4, 0.5) is 0 Å². The molecular weight excluding hydrogens is 268 g/mol. The van der Waals surface area contributed by atoms with E-state index in [1.165, 1.54) is 11.3 Å². The monoisotopic (exact) mass is 282 g/mol. The Morgan fingerprint density at radius 2 is 2.37 bits per heavy atom. The average molecular weight is 282 g/mol. The highest BCUT2D eigenvalue weighted by atomic mass is 32.1. The quantitative estimate of drug-likeness (QED) is 0.648. The molecule has 0 saturated carbocycles. The molecule has 0 aliphatic heterocycles. The van der Waals surface area contributed by atoms with Gasteiger partial charge in [0.05, 0.1) is 19.5 Å². The summed E-state index contributed by atoms with van der Waals surface area (Å²) in [5, 5.41) is 0.671. The third-order valence-electron chi connectivity index (χ3n) is 2.30. The fourth-order valence-electron chi connectivity index (χ4n) is 1.40. The summed E-state index contributed by atoms with van der Waals surface area (Å²) in [5.41, 5.74) is 2.67. The van der Waals surface area contributed by atoms with Crippen LogP contribution in [0.5, 0.6) is 0 Å². The lowest BCUT2D eigenvalue weighted by Crippen LogP contribution is -2.26. The summed E-state index contributed by atoms with van der Waals surface area (Å²) in [6, 6.07) is 3.58. The minimum atomic E-state index is -0.373. The molecule has 0 aliphatic carbocycles. The number of methoxy groups -OCH3 is 1. The second-order valence-corrected chi connectivity index (χ2v) is 4.88. The Hall–Kier alpha value is -1.70. The largest absolute Gasteiger partial charge is 0.462 e. The second-order valence-electron chi connectivity index (χ2n) is 3.67.